The first kappa shape index (κ1) is 41.5. The Morgan fingerprint density at radius 2 is 0.854 bits per heavy atom. The molecule has 0 fully saturated rings. The van der Waals surface area contributed by atoms with E-state index in [1.807, 2.05) is 48.5 Å². The molecule has 0 saturated heterocycles. The third-order valence-corrected chi connectivity index (χ3v) is 7.94. The first-order chi connectivity index (χ1) is 23.6. The molecule has 0 saturated carbocycles. The van der Waals surface area contributed by atoms with E-state index in [4.69, 9.17) is 37.9 Å². The van der Waals surface area contributed by atoms with Crippen LogP contribution in [0.15, 0.2) is 58.8 Å². The Kier molecular flexibility index (Phi) is 24.4. The van der Waals surface area contributed by atoms with Gasteiger partial charge in [0, 0.05) is 21.3 Å². The number of quaternary nitrogens is 1. The van der Waals surface area contributed by atoms with Gasteiger partial charge in [-0.3, -0.25) is 0 Å². The molecule has 0 aliphatic rings. The van der Waals surface area contributed by atoms with Crippen LogP contribution < -0.4 is 9.47 Å². The van der Waals surface area contributed by atoms with Crippen molar-refractivity contribution in [1.29, 1.82) is 0 Å². The summed E-state index contributed by atoms with van der Waals surface area (Å²) in [6.07, 6.45) is 6.70. The Hall–Kier alpha value is -2.64. The van der Waals surface area contributed by atoms with E-state index in [1.54, 1.807) is 21.3 Å². The molecule has 0 radical (unpaired) electrons. The van der Waals surface area contributed by atoms with Crippen LogP contribution in [0.1, 0.15) is 45.4 Å². The highest BCUT2D eigenvalue weighted by Crippen LogP contribution is 2.23. The topological polar surface area (TPSA) is 98.6 Å². The zero-order valence-electron chi connectivity index (χ0n) is 30.1. The van der Waals surface area contributed by atoms with Gasteiger partial charge in [-0.25, -0.2) is 0 Å². The van der Waals surface area contributed by atoms with Crippen molar-refractivity contribution in [3.05, 3.63) is 48.5 Å². The van der Waals surface area contributed by atoms with Gasteiger partial charge in [0.25, 0.3) is 0 Å². The second-order valence-electron chi connectivity index (χ2n) is 11.7. The van der Waals surface area contributed by atoms with E-state index in [9.17, 15) is 0 Å². The fraction of sp³-hybridized carbons (Fsp3) is 0.676. The van der Waals surface area contributed by atoms with Crippen LogP contribution in [0, 0.1) is 0 Å². The van der Waals surface area contributed by atoms with Crippen LogP contribution in [-0.2, 0) is 28.4 Å². The maximum atomic E-state index is 6.07. The number of nitrogens with zero attached hydrogens (tertiary/aromatic N) is 3. The summed E-state index contributed by atoms with van der Waals surface area (Å²) in [7, 11) is 5.06. The summed E-state index contributed by atoms with van der Waals surface area (Å²) in [5.41, 5.74) is 1.56. The predicted molar refractivity (Wildman–Crippen MR) is 189 cm³/mol. The lowest BCUT2D eigenvalue weighted by Crippen LogP contribution is -2.54. The molecule has 2 aromatic rings. The highest BCUT2D eigenvalue weighted by Gasteiger charge is 2.27. The standard InChI is InChI=1S/C37H62N3O8/c1-5-6-7-9-23-47-36-15-11-34(12-16-36)38-39-35-13-17-37(18-14-35)48-24-10-8-19-40(20-25-44-31-28-41-2,21-26-45-32-29-42-3)22-27-46-33-30-43-4/h11-18H,5-10,19-33H2,1-4H3/q+1. The minimum atomic E-state index is 0.584. The zero-order valence-corrected chi connectivity index (χ0v) is 30.1. The third kappa shape index (κ3) is 20.0. The van der Waals surface area contributed by atoms with Crippen LogP contribution in [0.25, 0.3) is 0 Å². The quantitative estimate of drug-likeness (QED) is 0.0463. The summed E-state index contributed by atoms with van der Waals surface area (Å²) in [5.74, 6) is 1.68. The molecule has 0 heterocycles. The molecule has 0 bridgehead atoms. The molecule has 2 rings (SSSR count). The van der Waals surface area contributed by atoms with Crippen molar-refractivity contribution in [2.45, 2.75) is 45.4 Å². The van der Waals surface area contributed by atoms with Crippen molar-refractivity contribution in [2.24, 2.45) is 10.2 Å². The van der Waals surface area contributed by atoms with Crippen LogP contribution in [0.4, 0.5) is 11.4 Å². The molecule has 0 aliphatic carbocycles. The Labute approximate surface area is 289 Å². The maximum Gasteiger partial charge on any atom is 0.119 e. The van der Waals surface area contributed by atoms with Crippen molar-refractivity contribution in [3.8, 4) is 11.5 Å². The molecule has 0 aliphatic heterocycles. The minimum Gasteiger partial charge on any atom is -0.494 e. The molecule has 0 amide bonds. The molecule has 272 valence electrons. The number of hydrogen-bond acceptors (Lipinski definition) is 10. The van der Waals surface area contributed by atoms with Gasteiger partial charge in [-0.2, -0.15) is 10.2 Å². The molecular formula is C37H62N3O8+. The predicted octanol–water partition coefficient (Wildman–Crippen LogP) is 7.03. The summed E-state index contributed by atoms with van der Waals surface area (Å²) in [4.78, 5) is 0. The van der Waals surface area contributed by atoms with E-state index in [0.29, 0.717) is 66.1 Å². The minimum absolute atomic E-state index is 0.584. The van der Waals surface area contributed by atoms with Crippen molar-refractivity contribution in [1.82, 2.24) is 0 Å². The number of benzene rings is 2. The van der Waals surface area contributed by atoms with E-state index >= 15 is 0 Å². The lowest BCUT2D eigenvalue weighted by atomic mass is 10.2. The normalized spacial score (nSPS) is 11.8. The lowest BCUT2D eigenvalue weighted by Gasteiger charge is -2.39. The number of methoxy groups -OCH3 is 3. The second kappa shape index (κ2) is 28.2. The molecule has 11 heteroatoms. The van der Waals surface area contributed by atoms with E-state index in [1.165, 1.54) is 19.3 Å². The fourth-order valence-corrected chi connectivity index (χ4v) is 4.97. The van der Waals surface area contributed by atoms with Crippen LogP contribution in [0.2, 0.25) is 0 Å². The molecule has 0 unspecified atom stereocenters. The molecule has 0 spiro atoms. The smallest absolute Gasteiger partial charge is 0.119 e. The Morgan fingerprint density at radius 1 is 0.438 bits per heavy atom. The monoisotopic (exact) mass is 676 g/mol. The number of hydrogen-bond donors (Lipinski definition) is 0. The SMILES string of the molecule is CCCCCCOc1ccc(N=Nc2ccc(OCCCC[N+](CCOCCOC)(CCOCCOC)CCOCCOC)cc2)cc1. The summed E-state index contributed by atoms with van der Waals surface area (Å²) in [5, 5.41) is 8.74. The van der Waals surface area contributed by atoms with Crippen LogP contribution in [0.3, 0.4) is 0 Å². The Morgan fingerprint density at radius 3 is 1.25 bits per heavy atom. The zero-order chi connectivity index (χ0) is 34.4. The van der Waals surface area contributed by atoms with Crippen molar-refractivity contribution < 1.29 is 42.4 Å². The van der Waals surface area contributed by atoms with Crippen LogP contribution >= 0.6 is 0 Å². The van der Waals surface area contributed by atoms with Gasteiger partial charge in [-0.1, -0.05) is 26.2 Å². The van der Waals surface area contributed by atoms with E-state index < -0.39 is 0 Å². The molecule has 0 N–H and O–H groups in total. The van der Waals surface area contributed by atoms with Gasteiger partial charge < -0.3 is 42.4 Å². The lowest BCUT2D eigenvalue weighted by molar-refractivity contribution is -0.929. The molecule has 0 atom stereocenters. The number of azo groups is 1. The fourth-order valence-electron chi connectivity index (χ4n) is 4.97. The summed E-state index contributed by atoms with van der Waals surface area (Å²) >= 11 is 0. The van der Waals surface area contributed by atoms with Gasteiger partial charge in [-0.05, 0) is 67.8 Å². The van der Waals surface area contributed by atoms with Crippen LogP contribution in [-0.4, -0.2) is 125 Å². The summed E-state index contributed by atoms with van der Waals surface area (Å²) in [6, 6.07) is 15.5. The van der Waals surface area contributed by atoms with Gasteiger partial charge in [0.1, 0.15) is 31.1 Å². The number of ether oxygens (including phenoxy) is 8. The molecular weight excluding hydrogens is 614 g/mol. The Balaban J connectivity index is 1.83. The van der Waals surface area contributed by atoms with Gasteiger partial charge in [0.2, 0.25) is 0 Å². The van der Waals surface area contributed by atoms with Gasteiger partial charge in [0.05, 0.1) is 90.6 Å². The second-order valence-corrected chi connectivity index (χ2v) is 11.7. The molecule has 11 nitrogen and oxygen atoms in total. The first-order valence-corrected chi connectivity index (χ1v) is 17.6. The highest BCUT2D eigenvalue weighted by atomic mass is 16.5. The highest BCUT2D eigenvalue weighted by molar-refractivity contribution is 5.44. The maximum absolute atomic E-state index is 6.07. The van der Waals surface area contributed by atoms with Gasteiger partial charge in [0.15, 0.2) is 0 Å². The van der Waals surface area contributed by atoms with Gasteiger partial charge in [-0.15, -0.1) is 0 Å². The van der Waals surface area contributed by atoms with E-state index in [0.717, 1.165) is 79.4 Å². The number of unbranched alkanes of at least 4 members (excludes halogenated alkanes) is 4. The van der Waals surface area contributed by atoms with E-state index in [-0.39, 0.29) is 0 Å². The average Bonchev–Trinajstić information content (AvgIpc) is 3.11. The largest absolute Gasteiger partial charge is 0.494 e. The van der Waals surface area contributed by atoms with Crippen molar-refractivity contribution >= 4 is 11.4 Å². The Bertz CT molecular complexity index is 1000. The van der Waals surface area contributed by atoms with Crippen molar-refractivity contribution in [3.63, 3.8) is 0 Å². The molecule has 48 heavy (non-hydrogen) atoms. The molecule has 0 aromatic heterocycles. The van der Waals surface area contributed by atoms with Gasteiger partial charge >= 0.3 is 0 Å². The van der Waals surface area contributed by atoms with Crippen LogP contribution in [0.5, 0.6) is 11.5 Å². The summed E-state index contributed by atoms with van der Waals surface area (Å²) < 4.78 is 45.8. The number of rotatable bonds is 32. The van der Waals surface area contributed by atoms with E-state index in [2.05, 4.69) is 17.2 Å². The summed E-state index contributed by atoms with van der Waals surface area (Å²) in [6.45, 7) is 12.7. The third-order valence-electron chi connectivity index (χ3n) is 7.94. The van der Waals surface area contributed by atoms with Crippen molar-refractivity contribution in [2.75, 3.05) is 120 Å². The first-order valence-electron chi connectivity index (χ1n) is 17.6. The average molecular weight is 677 g/mol. The molecule has 2 aromatic carbocycles.